The summed E-state index contributed by atoms with van der Waals surface area (Å²) >= 11 is 0. The molecule has 1 aliphatic rings. The van der Waals surface area contributed by atoms with Crippen molar-refractivity contribution in [2.45, 2.75) is 19.9 Å². The van der Waals surface area contributed by atoms with Crippen LogP contribution in [-0.2, 0) is 16.1 Å². The molecule has 7 nitrogen and oxygen atoms in total. The molecule has 2 aromatic carbocycles. The van der Waals surface area contributed by atoms with Gasteiger partial charge in [0.15, 0.2) is 0 Å². The first kappa shape index (κ1) is 19.4. The Morgan fingerprint density at radius 3 is 2.21 bits per heavy atom. The first-order valence-corrected chi connectivity index (χ1v) is 9.17. The van der Waals surface area contributed by atoms with Crippen molar-refractivity contribution in [2.24, 2.45) is 5.92 Å². The van der Waals surface area contributed by atoms with E-state index in [1.165, 1.54) is 12.6 Å². The molecule has 0 spiro atoms. The summed E-state index contributed by atoms with van der Waals surface area (Å²) in [4.78, 5) is 37.9. The van der Waals surface area contributed by atoms with Gasteiger partial charge >= 0.3 is 6.03 Å². The van der Waals surface area contributed by atoms with Crippen molar-refractivity contribution in [2.75, 3.05) is 24.2 Å². The van der Waals surface area contributed by atoms with Gasteiger partial charge < -0.3 is 20.9 Å². The highest BCUT2D eigenvalue weighted by atomic mass is 16.2. The molecule has 4 amide bonds. The first-order valence-electron chi connectivity index (χ1n) is 9.17. The van der Waals surface area contributed by atoms with Crippen LogP contribution >= 0.6 is 0 Å². The molecule has 1 heterocycles. The van der Waals surface area contributed by atoms with Gasteiger partial charge in [0.05, 0.1) is 5.92 Å². The fraction of sp³-hybridized carbons (Fsp3) is 0.286. The third-order valence-corrected chi connectivity index (χ3v) is 4.72. The van der Waals surface area contributed by atoms with Gasteiger partial charge in [-0.3, -0.25) is 9.59 Å². The molecule has 1 fully saturated rings. The minimum Gasteiger partial charge on any atom is -0.341 e. The highest BCUT2D eigenvalue weighted by molar-refractivity contribution is 5.97. The van der Waals surface area contributed by atoms with Crippen LogP contribution < -0.4 is 16.0 Å². The van der Waals surface area contributed by atoms with Crippen molar-refractivity contribution in [1.82, 2.24) is 10.2 Å². The van der Waals surface area contributed by atoms with Gasteiger partial charge in [-0.1, -0.05) is 29.8 Å². The Labute approximate surface area is 164 Å². The molecule has 1 unspecified atom stereocenters. The summed E-state index contributed by atoms with van der Waals surface area (Å²) in [5.41, 5.74) is 3.47. The van der Waals surface area contributed by atoms with Crippen molar-refractivity contribution in [3.05, 3.63) is 59.7 Å². The minimum absolute atomic E-state index is 0.00847. The molecule has 2 aromatic rings. The van der Waals surface area contributed by atoms with Crippen LogP contribution in [0.5, 0.6) is 0 Å². The summed E-state index contributed by atoms with van der Waals surface area (Å²) in [6.45, 7) is 2.95. The Bertz CT molecular complexity index is 862. The number of amides is 4. The van der Waals surface area contributed by atoms with Crippen molar-refractivity contribution in [3.8, 4) is 0 Å². The summed E-state index contributed by atoms with van der Waals surface area (Å²) in [5.74, 6) is -0.556. The lowest BCUT2D eigenvalue weighted by atomic mass is 10.1. The molecule has 1 saturated heterocycles. The van der Waals surface area contributed by atoms with Gasteiger partial charge in [-0.15, -0.1) is 0 Å². The van der Waals surface area contributed by atoms with Gasteiger partial charge in [-0.2, -0.15) is 0 Å². The smallest absolute Gasteiger partial charge is 0.318 e. The minimum atomic E-state index is -0.374. The zero-order valence-electron chi connectivity index (χ0n) is 16.0. The van der Waals surface area contributed by atoms with Gasteiger partial charge in [0, 0.05) is 37.9 Å². The lowest BCUT2D eigenvalue weighted by Crippen LogP contribution is -2.28. The van der Waals surface area contributed by atoms with Gasteiger partial charge in [-0.05, 0) is 36.8 Å². The van der Waals surface area contributed by atoms with E-state index in [4.69, 9.17) is 0 Å². The van der Waals surface area contributed by atoms with Gasteiger partial charge in [0.2, 0.25) is 11.8 Å². The van der Waals surface area contributed by atoms with E-state index in [0.29, 0.717) is 24.5 Å². The average Bonchev–Trinajstić information content (AvgIpc) is 3.05. The highest BCUT2D eigenvalue weighted by Gasteiger charge is 2.34. The summed E-state index contributed by atoms with van der Waals surface area (Å²) < 4.78 is 0. The maximum atomic E-state index is 12.5. The molecule has 1 aliphatic heterocycles. The van der Waals surface area contributed by atoms with Crippen LogP contribution in [-0.4, -0.2) is 36.3 Å². The second-order valence-electron chi connectivity index (χ2n) is 6.93. The normalized spacial score (nSPS) is 16.0. The molecular formula is C21H24N4O3. The van der Waals surface area contributed by atoms with E-state index in [1.54, 1.807) is 29.2 Å². The summed E-state index contributed by atoms with van der Waals surface area (Å²) in [7, 11) is 1.54. The average molecular weight is 380 g/mol. The van der Waals surface area contributed by atoms with Crippen LogP contribution in [0.25, 0.3) is 0 Å². The lowest BCUT2D eigenvalue weighted by Gasteiger charge is -2.17. The van der Waals surface area contributed by atoms with E-state index < -0.39 is 0 Å². The number of nitrogens with one attached hydrogen (secondary N) is 3. The van der Waals surface area contributed by atoms with Crippen LogP contribution in [0.4, 0.5) is 16.2 Å². The fourth-order valence-electron chi connectivity index (χ4n) is 3.09. The molecule has 28 heavy (non-hydrogen) atoms. The van der Waals surface area contributed by atoms with Crippen LogP contribution in [0.1, 0.15) is 17.5 Å². The van der Waals surface area contributed by atoms with Crippen molar-refractivity contribution >= 4 is 29.2 Å². The number of rotatable bonds is 5. The standard InChI is InChI=1S/C21H24N4O3/c1-14-3-5-15(6-4-14)12-25-13-16(11-19(25)26)20(27)23-17-7-9-18(10-8-17)24-21(28)22-2/h3-10,16H,11-13H2,1-2H3,(H,23,27)(H2,22,24,28). The second kappa shape index (κ2) is 8.56. The maximum absolute atomic E-state index is 12.5. The second-order valence-corrected chi connectivity index (χ2v) is 6.93. The number of urea groups is 1. The van der Waals surface area contributed by atoms with Gasteiger partial charge in [0.25, 0.3) is 0 Å². The van der Waals surface area contributed by atoms with Crippen molar-refractivity contribution in [3.63, 3.8) is 0 Å². The molecule has 3 rings (SSSR count). The Morgan fingerprint density at radius 2 is 1.61 bits per heavy atom. The van der Waals surface area contributed by atoms with E-state index in [1.807, 2.05) is 31.2 Å². The summed E-state index contributed by atoms with van der Waals surface area (Å²) in [6.07, 6.45) is 0.216. The maximum Gasteiger partial charge on any atom is 0.318 e. The quantitative estimate of drug-likeness (QED) is 0.745. The van der Waals surface area contributed by atoms with Crippen LogP contribution in [0, 0.1) is 12.8 Å². The summed E-state index contributed by atoms with van der Waals surface area (Å²) in [6, 6.07) is 14.6. The van der Waals surface area contributed by atoms with Gasteiger partial charge in [-0.25, -0.2) is 4.79 Å². The number of anilines is 2. The number of carbonyl (C=O) groups excluding carboxylic acids is 3. The fourth-order valence-corrected chi connectivity index (χ4v) is 3.09. The Balaban J connectivity index is 1.55. The molecule has 0 radical (unpaired) electrons. The lowest BCUT2D eigenvalue weighted by molar-refractivity contribution is -0.128. The monoisotopic (exact) mass is 380 g/mol. The van der Waals surface area contributed by atoms with Crippen LogP contribution in [0.2, 0.25) is 0 Å². The van der Waals surface area contributed by atoms with Crippen molar-refractivity contribution in [1.29, 1.82) is 0 Å². The highest BCUT2D eigenvalue weighted by Crippen LogP contribution is 2.22. The Kier molecular flexibility index (Phi) is 5.93. The predicted molar refractivity (Wildman–Crippen MR) is 108 cm³/mol. The zero-order valence-corrected chi connectivity index (χ0v) is 16.0. The van der Waals surface area contributed by atoms with E-state index in [-0.39, 0.29) is 30.2 Å². The van der Waals surface area contributed by atoms with E-state index in [9.17, 15) is 14.4 Å². The van der Waals surface area contributed by atoms with E-state index in [2.05, 4.69) is 16.0 Å². The van der Waals surface area contributed by atoms with Crippen LogP contribution in [0.15, 0.2) is 48.5 Å². The number of benzene rings is 2. The molecule has 0 saturated carbocycles. The molecule has 1 atom stereocenters. The number of likely N-dealkylation sites (tertiary alicyclic amines) is 1. The number of hydrogen-bond acceptors (Lipinski definition) is 3. The molecular weight excluding hydrogens is 356 g/mol. The first-order chi connectivity index (χ1) is 13.4. The zero-order chi connectivity index (χ0) is 20.1. The molecule has 0 aliphatic carbocycles. The van der Waals surface area contributed by atoms with E-state index in [0.717, 1.165) is 5.56 Å². The SMILES string of the molecule is CNC(=O)Nc1ccc(NC(=O)C2CC(=O)N(Cc3ccc(C)cc3)C2)cc1. The molecule has 0 aromatic heterocycles. The van der Waals surface area contributed by atoms with Crippen LogP contribution in [0.3, 0.4) is 0 Å². The van der Waals surface area contributed by atoms with Gasteiger partial charge in [0.1, 0.15) is 0 Å². The third kappa shape index (κ3) is 4.88. The largest absolute Gasteiger partial charge is 0.341 e. The molecule has 7 heteroatoms. The topological polar surface area (TPSA) is 90.5 Å². The number of nitrogens with zero attached hydrogens (tertiary/aromatic N) is 1. The van der Waals surface area contributed by atoms with Crippen molar-refractivity contribution < 1.29 is 14.4 Å². The Morgan fingerprint density at radius 1 is 1.00 bits per heavy atom. The molecule has 3 N–H and O–H groups in total. The third-order valence-electron chi connectivity index (χ3n) is 4.72. The molecule has 0 bridgehead atoms. The Hall–Kier alpha value is -3.35. The number of hydrogen-bond donors (Lipinski definition) is 3. The van der Waals surface area contributed by atoms with E-state index >= 15 is 0 Å². The number of aryl methyl sites for hydroxylation is 1. The predicted octanol–water partition coefficient (Wildman–Crippen LogP) is 2.73. The number of carbonyl (C=O) groups is 3. The molecule has 146 valence electrons. The summed E-state index contributed by atoms with van der Waals surface area (Å²) in [5, 5.41) is 7.97.